The number of para-hydroxylation sites is 1. The van der Waals surface area contributed by atoms with Gasteiger partial charge in [0.05, 0.1) is 14.2 Å². The van der Waals surface area contributed by atoms with E-state index in [9.17, 15) is 0 Å². The number of nitrogens with one attached hydrogen (secondary N) is 1. The Morgan fingerprint density at radius 1 is 1.05 bits per heavy atom. The van der Waals surface area contributed by atoms with Crippen molar-refractivity contribution < 1.29 is 14.2 Å². The van der Waals surface area contributed by atoms with Gasteiger partial charge >= 0.3 is 0 Å². The van der Waals surface area contributed by atoms with Gasteiger partial charge < -0.3 is 19.5 Å². The van der Waals surface area contributed by atoms with Crippen LogP contribution in [-0.4, -0.2) is 31.2 Å². The van der Waals surface area contributed by atoms with Crippen molar-refractivity contribution in [3.63, 3.8) is 0 Å². The molecule has 0 unspecified atom stereocenters. The standard InChI is InChI=1S/C13H15N3O3/c1-14-11-7-12(16-8-15-11)19-13-9(17-2)5-4-6-10(13)18-3/h4-8H,1-3H3,(H,14,15,16). The van der Waals surface area contributed by atoms with Crippen LogP contribution < -0.4 is 19.5 Å². The number of ether oxygens (including phenoxy) is 3. The highest BCUT2D eigenvalue weighted by Crippen LogP contribution is 2.39. The number of hydrogen-bond acceptors (Lipinski definition) is 6. The van der Waals surface area contributed by atoms with Gasteiger partial charge in [0.2, 0.25) is 11.6 Å². The van der Waals surface area contributed by atoms with E-state index in [1.807, 2.05) is 6.07 Å². The summed E-state index contributed by atoms with van der Waals surface area (Å²) in [5.74, 6) is 2.70. The molecule has 1 aromatic carbocycles. The largest absolute Gasteiger partial charge is 0.493 e. The third-order valence-corrected chi connectivity index (χ3v) is 2.49. The van der Waals surface area contributed by atoms with E-state index in [0.717, 1.165) is 0 Å². The number of rotatable bonds is 5. The molecule has 6 heteroatoms. The van der Waals surface area contributed by atoms with E-state index in [1.54, 1.807) is 39.5 Å². The zero-order chi connectivity index (χ0) is 13.7. The molecule has 100 valence electrons. The maximum Gasteiger partial charge on any atom is 0.224 e. The summed E-state index contributed by atoms with van der Waals surface area (Å²) >= 11 is 0. The van der Waals surface area contributed by atoms with Gasteiger partial charge in [0.15, 0.2) is 11.5 Å². The molecule has 19 heavy (non-hydrogen) atoms. The van der Waals surface area contributed by atoms with E-state index in [1.165, 1.54) is 6.33 Å². The summed E-state index contributed by atoms with van der Waals surface area (Å²) in [4.78, 5) is 8.07. The average Bonchev–Trinajstić information content (AvgIpc) is 2.47. The number of aromatic nitrogens is 2. The molecule has 0 aliphatic carbocycles. The fourth-order valence-corrected chi connectivity index (χ4v) is 1.55. The Balaban J connectivity index is 2.36. The van der Waals surface area contributed by atoms with E-state index >= 15 is 0 Å². The predicted molar refractivity (Wildman–Crippen MR) is 71.2 cm³/mol. The van der Waals surface area contributed by atoms with Crippen molar-refractivity contribution in [2.45, 2.75) is 0 Å². The molecule has 2 rings (SSSR count). The van der Waals surface area contributed by atoms with E-state index < -0.39 is 0 Å². The van der Waals surface area contributed by atoms with Crippen molar-refractivity contribution in [1.82, 2.24) is 9.97 Å². The second kappa shape index (κ2) is 5.90. The molecule has 0 saturated heterocycles. The number of nitrogens with zero attached hydrogens (tertiary/aromatic N) is 2. The minimum absolute atomic E-state index is 0.405. The molecular weight excluding hydrogens is 246 g/mol. The lowest BCUT2D eigenvalue weighted by Crippen LogP contribution is -1.98. The summed E-state index contributed by atoms with van der Waals surface area (Å²) in [6.45, 7) is 0. The Hall–Kier alpha value is -2.50. The van der Waals surface area contributed by atoms with Crippen LogP contribution in [0.25, 0.3) is 0 Å². The van der Waals surface area contributed by atoms with Crippen LogP contribution in [-0.2, 0) is 0 Å². The van der Waals surface area contributed by atoms with Crippen LogP contribution in [0.5, 0.6) is 23.1 Å². The monoisotopic (exact) mass is 261 g/mol. The van der Waals surface area contributed by atoms with Gasteiger partial charge in [0, 0.05) is 13.1 Å². The minimum atomic E-state index is 0.405. The summed E-state index contributed by atoms with van der Waals surface area (Å²) < 4.78 is 16.2. The molecule has 1 aromatic heterocycles. The van der Waals surface area contributed by atoms with Crippen molar-refractivity contribution in [3.05, 3.63) is 30.6 Å². The normalized spacial score (nSPS) is 9.84. The van der Waals surface area contributed by atoms with Crippen molar-refractivity contribution in [3.8, 4) is 23.1 Å². The Morgan fingerprint density at radius 2 is 1.74 bits per heavy atom. The topological polar surface area (TPSA) is 65.5 Å². The van der Waals surface area contributed by atoms with Crippen LogP contribution in [0.2, 0.25) is 0 Å². The van der Waals surface area contributed by atoms with Crippen molar-refractivity contribution in [2.24, 2.45) is 0 Å². The molecule has 0 aliphatic heterocycles. The molecule has 1 N–H and O–H groups in total. The molecule has 2 aromatic rings. The summed E-state index contributed by atoms with van der Waals surface area (Å²) in [6.07, 6.45) is 1.42. The Bertz CT molecular complexity index is 538. The molecule has 0 fully saturated rings. The highest BCUT2D eigenvalue weighted by molar-refractivity contribution is 5.53. The number of hydrogen-bond donors (Lipinski definition) is 1. The van der Waals surface area contributed by atoms with Crippen molar-refractivity contribution in [2.75, 3.05) is 26.6 Å². The first-order valence-corrected chi connectivity index (χ1v) is 5.67. The van der Waals surface area contributed by atoms with Crippen LogP contribution >= 0.6 is 0 Å². The zero-order valence-corrected chi connectivity index (χ0v) is 11.0. The molecule has 0 amide bonds. The molecule has 0 atom stereocenters. The minimum Gasteiger partial charge on any atom is -0.493 e. The Morgan fingerprint density at radius 3 is 2.32 bits per heavy atom. The van der Waals surface area contributed by atoms with Gasteiger partial charge in [-0.3, -0.25) is 0 Å². The first-order chi connectivity index (χ1) is 9.28. The highest BCUT2D eigenvalue weighted by atomic mass is 16.5. The fraction of sp³-hybridized carbons (Fsp3) is 0.231. The van der Waals surface area contributed by atoms with Crippen molar-refractivity contribution in [1.29, 1.82) is 0 Å². The lowest BCUT2D eigenvalue weighted by molar-refractivity contribution is 0.342. The quantitative estimate of drug-likeness (QED) is 0.891. The van der Waals surface area contributed by atoms with Crippen molar-refractivity contribution >= 4 is 5.82 Å². The average molecular weight is 261 g/mol. The molecule has 6 nitrogen and oxygen atoms in total. The summed E-state index contributed by atoms with van der Waals surface area (Å²) in [5, 5.41) is 2.92. The van der Waals surface area contributed by atoms with Crippen LogP contribution in [0.15, 0.2) is 30.6 Å². The van der Waals surface area contributed by atoms with Gasteiger partial charge in [-0.05, 0) is 12.1 Å². The third kappa shape index (κ3) is 2.85. The molecule has 1 heterocycles. The lowest BCUT2D eigenvalue weighted by Gasteiger charge is -2.13. The smallest absolute Gasteiger partial charge is 0.224 e. The first-order valence-electron chi connectivity index (χ1n) is 5.67. The SMILES string of the molecule is CNc1cc(Oc2c(OC)cccc2OC)ncn1. The third-order valence-electron chi connectivity index (χ3n) is 2.49. The van der Waals surface area contributed by atoms with Gasteiger partial charge in [0.1, 0.15) is 12.1 Å². The van der Waals surface area contributed by atoms with Gasteiger partial charge in [-0.15, -0.1) is 0 Å². The first kappa shape index (κ1) is 12.9. The van der Waals surface area contributed by atoms with Crippen LogP contribution in [0.1, 0.15) is 0 Å². The van der Waals surface area contributed by atoms with E-state index in [4.69, 9.17) is 14.2 Å². The van der Waals surface area contributed by atoms with E-state index in [2.05, 4.69) is 15.3 Å². The van der Waals surface area contributed by atoms with Crippen LogP contribution in [0.3, 0.4) is 0 Å². The van der Waals surface area contributed by atoms with Crippen LogP contribution in [0.4, 0.5) is 5.82 Å². The van der Waals surface area contributed by atoms with Gasteiger partial charge in [-0.25, -0.2) is 9.97 Å². The maximum absolute atomic E-state index is 5.72. The Kier molecular flexibility index (Phi) is 4.02. The Labute approximate surface area is 111 Å². The zero-order valence-electron chi connectivity index (χ0n) is 11.0. The lowest BCUT2D eigenvalue weighted by atomic mass is 10.3. The number of benzene rings is 1. The highest BCUT2D eigenvalue weighted by Gasteiger charge is 2.13. The maximum atomic E-state index is 5.72. The molecule has 0 bridgehead atoms. The number of anilines is 1. The molecule has 0 spiro atoms. The molecule has 0 saturated carbocycles. The summed E-state index contributed by atoms with van der Waals surface area (Å²) in [6, 6.07) is 7.09. The molecule has 0 radical (unpaired) electrons. The van der Waals surface area contributed by atoms with Gasteiger partial charge in [-0.1, -0.05) is 6.07 Å². The second-order valence-corrected chi connectivity index (χ2v) is 3.59. The fourth-order valence-electron chi connectivity index (χ4n) is 1.55. The summed E-state index contributed by atoms with van der Waals surface area (Å²) in [5.41, 5.74) is 0. The molecular formula is C13H15N3O3. The van der Waals surface area contributed by atoms with Gasteiger partial charge in [0.25, 0.3) is 0 Å². The second-order valence-electron chi connectivity index (χ2n) is 3.59. The van der Waals surface area contributed by atoms with E-state index in [-0.39, 0.29) is 0 Å². The van der Waals surface area contributed by atoms with Gasteiger partial charge in [-0.2, -0.15) is 0 Å². The number of methoxy groups -OCH3 is 2. The summed E-state index contributed by atoms with van der Waals surface area (Å²) in [7, 11) is 4.91. The molecule has 0 aliphatic rings. The van der Waals surface area contributed by atoms with E-state index in [0.29, 0.717) is 28.9 Å². The van der Waals surface area contributed by atoms with Crippen LogP contribution in [0, 0.1) is 0 Å². The predicted octanol–water partition coefficient (Wildman–Crippen LogP) is 2.33.